The summed E-state index contributed by atoms with van der Waals surface area (Å²) in [5.74, 6) is 0.295. The number of aromatic nitrogens is 2. The van der Waals surface area contributed by atoms with Gasteiger partial charge in [-0.1, -0.05) is 18.7 Å². The van der Waals surface area contributed by atoms with Gasteiger partial charge in [-0.15, -0.1) is 0 Å². The minimum atomic E-state index is -0.172. The number of halogens is 1. The van der Waals surface area contributed by atoms with Crippen LogP contribution in [0.4, 0.5) is 11.5 Å². The maximum absolute atomic E-state index is 12.2. The Labute approximate surface area is 155 Å². The van der Waals surface area contributed by atoms with E-state index in [9.17, 15) is 4.79 Å². The zero-order valence-corrected chi connectivity index (χ0v) is 16.2. The Morgan fingerprint density at radius 2 is 1.88 bits per heavy atom. The van der Waals surface area contributed by atoms with Crippen LogP contribution in [0.1, 0.15) is 11.6 Å². The molecule has 1 N–H and O–H groups in total. The summed E-state index contributed by atoms with van der Waals surface area (Å²) in [6, 6.07) is 8.23. The molecule has 7 heteroatoms. The highest BCUT2D eigenvalue weighted by Crippen LogP contribution is 2.31. The topological polar surface area (TPSA) is 53.4 Å². The van der Waals surface area contributed by atoms with Gasteiger partial charge in [0.15, 0.2) is 5.82 Å². The molecule has 2 heterocycles. The second-order valence-electron chi connectivity index (χ2n) is 6.37. The molecule has 1 fully saturated rings. The van der Waals surface area contributed by atoms with Crippen LogP contribution < -0.4 is 10.9 Å². The van der Waals surface area contributed by atoms with Gasteiger partial charge in [0, 0.05) is 44.8 Å². The van der Waals surface area contributed by atoms with Crippen molar-refractivity contribution < 1.29 is 0 Å². The van der Waals surface area contributed by atoms with Crippen molar-refractivity contribution in [3.05, 3.63) is 63.3 Å². The number of nitrogens with zero attached hydrogens (tertiary/aromatic N) is 4. The number of hydrogen-bond acceptors (Lipinski definition) is 5. The Hall–Kier alpha value is -2.12. The summed E-state index contributed by atoms with van der Waals surface area (Å²) < 4.78 is 2.10. The van der Waals surface area contributed by atoms with Crippen LogP contribution in [0.2, 0.25) is 0 Å². The van der Waals surface area contributed by atoms with Crippen LogP contribution in [0.15, 0.2) is 52.1 Å². The van der Waals surface area contributed by atoms with Gasteiger partial charge in [0.25, 0.3) is 5.56 Å². The maximum atomic E-state index is 12.2. The zero-order valence-electron chi connectivity index (χ0n) is 14.7. The third-order valence-electron chi connectivity index (χ3n) is 4.57. The lowest BCUT2D eigenvalue weighted by molar-refractivity contribution is 0.165. The molecule has 1 aliphatic heterocycles. The lowest BCUT2D eigenvalue weighted by atomic mass is 10.00. The van der Waals surface area contributed by atoms with Gasteiger partial charge in [-0.05, 0) is 40.7 Å². The highest BCUT2D eigenvalue weighted by atomic mass is 79.9. The van der Waals surface area contributed by atoms with Gasteiger partial charge in [0.05, 0.1) is 6.04 Å². The van der Waals surface area contributed by atoms with Crippen LogP contribution in [0.5, 0.6) is 0 Å². The number of piperazine rings is 1. The number of aryl methyl sites for hydroxylation is 1. The van der Waals surface area contributed by atoms with Crippen LogP contribution >= 0.6 is 15.9 Å². The summed E-state index contributed by atoms with van der Waals surface area (Å²) >= 11 is 3.31. The van der Waals surface area contributed by atoms with Gasteiger partial charge < -0.3 is 14.8 Å². The monoisotopic (exact) mass is 403 g/mol. The molecule has 1 atom stereocenters. The first-order valence-corrected chi connectivity index (χ1v) is 8.86. The van der Waals surface area contributed by atoms with E-state index in [0.29, 0.717) is 10.4 Å². The van der Waals surface area contributed by atoms with E-state index in [1.165, 1.54) is 10.1 Å². The molecular weight excluding hydrogens is 382 g/mol. The fraction of sp³-hybridized carbons (Fsp3) is 0.333. The van der Waals surface area contributed by atoms with Crippen LogP contribution in [0.3, 0.4) is 0 Å². The molecule has 1 aromatic heterocycles. The molecule has 132 valence electrons. The zero-order chi connectivity index (χ0) is 18.1. The van der Waals surface area contributed by atoms with E-state index in [-0.39, 0.29) is 11.6 Å². The summed E-state index contributed by atoms with van der Waals surface area (Å²) in [7, 11) is 5.89. The molecule has 0 bridgehead atoms. The predicted octanol–water partition coefficient (Wildman–Crippen LogP) is 2.72. The fourth-order valence-corrected chi connectivity index (χ4v) is 3.51. The molecular formula is C18H22BrN5O. The van der Waals surface area contributed by atoms with Crippen molar-refractivity contribution in [2.45, 2.75) is 6.04 Å². The maximum Gasteiger partial charge on any atom is 0.293 e. The molecule has 1 saturated heterocycles. The summed E-state index contributed by atoms with van der Waals surface area (Å²) in [5.41, 5.74) is 2.93. The van der Waals surface area contributed by atoms with Crippen LogP contribution in [0, 0.1) is 0 Å². The van der Waals surface area contributed by atoms with Crippen LogP contribution in [-0.2, 0) is 7.05 Å². The van der Waals surface area contributed by atoms with Crippen LogP contribution in [0.25, 0.3) is 0 Å². The number of nitrogens with one attached hydrogen (secondary N) is 1. The molecule has 1 aliphatic rings. The Balaban J connectivity index is 1.83. The van der Waals surface area contributed by atoms with Gasteiger partial charge in [-0.3, -0.25) is 9.69 Å². The van der Waals surface area contributed by atoms with Crippen molar-refractivity contribution in [1.82, 2.24) is 19.4 Å². The number of benzene rings is 1. The second kappa shape index (κ2) is 7.01. The largest absolute Gasteiger partial charge is 0.376 e. The van der Waals surface area contributed by atoms with Crippen molar-refractivity contribution in [2.24, 2.45) is 7.05 Å². The van der Waals surface area contributed by atoms with E-state index in [1.807, 2.05) is 12.1 Å². The SMILES string of the molecule is C=C1C(c2ccc(Nc3nc(Br)cn(C)c3=O)cc2)N(C)CCN1C. The molecule has 2 aromatic rings. The molecule has 3 rings (SSSR count). The number of likely N-dealkylation sites (N-methyl/N-ethyl adjacent to an activating group) is 2. The molecule has 0 aliphatic carbocycles. The number of anilines is 2. The first-order valence-electron chi connectivity index (χ1n) is 8.07. The molecule has 0 spiro atoms. The average Bonchev–Trinajstić information content (AvgIpc) is 2.57. The van der Waals surface area contributed by atoms with Gasteiger partial charge in [-0.25, -0.2) is 4.98 Å². The molecule has 0 radical (unpaired) electrons. The quantitative estimate of drug-likeness (QED) is 0.853. The van der Waals surface area contributed by atoms with Crippen molar-refractivity contribution in [1.29, 1.82) is 0 Å². The van der Waals surface area contributed by atoms with Gasteiger partial charge in [0.2, 0.25) is 0 Å². The highest BCUT2D eigenvalue weighted by Gasteiger charge is 2.27. The highest BCUT2D eigenvalue weighted by molar-refractivity contribution is 9.10. The smallest absolute Gasteiger partial charge is 0.293 e. The molecule has 6 nitrogen and oxygen atoms in total. The average molecular weight is 404 g/mol. The Morgan fingerprint density at radius 3 is 2.56 bits per heavy atom. The van der Waals surface area contributed by atoms with Crippen LogP contribution in [-0.4, -0.2) is 46.5 Å². The summed E-state index contributed by atoms with van der Waals surface area (Å²) in [4.78, 5) is 20.9. The van der Waals surface area contributed by atoms with E-state index >= 15 is 0 Å². The Morgan fingerprint density at radius 1 is 1.20 bits per heavy atom. The Bertz CT molecular complexity index is 846. The van der Waals surface area contributed by atoms with Crippen molar-refractivity contribution in [3.63, 3.8) is 0 Å². The van der Waals surface area contributed by atoms with E-state index in [4.69, 9.17) is 0 Å². The van der Waals surface area contributed by atoms with Gasteiger partial charge in [0.1, 0.15) is 4.60 Å². The first-order chi connectivity index (χ1) is 11.9. The molecule has 0 amide bonds. The molecule has 1 aromatic carbocycles. The van der Waals surface area contributed by atoms with Gasteiger partial charge in [-0.2, -0.15) is 0 Å². The molecule has 1 unspecified atom stereocenters. The fourth-order valence-electron chi connectivity index (χ4n) is 3.03. The van der Waals surface area contributed by atoms with E-state index in [1.54, 1.807) is 13.2 Å². The minimum Gasteiger partial charge on any atom is -0.376 e. The molecule has 25 heavy (non-hydrogen) atoms. The first kappa shape index (κ1) is 17.7. The third kappa shape index (κ3) is 3.62. The lowest BCUT2D eigenvalue weighted by Gasteiger charge is -2.40. The van der Waals surface area contributed by atoms with Crippen molar-refractivity contribution in [3.8, 4) is 0 Å². The number of hydrogen-bond donors (Lipinski definition) is 1. The standard InChI is InChI=1S/C18H22BrN5O/c1-12-16(23(3)10-9-22(12)2)13-5-7-14(8-6-13)20-17-18(25)24(4)11-15(19)21-17/h5-8,11,16H,1,9-10H2,2-4H3,(H,20,21). The van der Waals surface area contributed by atoms with Crippen molar-refractivity contribution >= 4 is 27.4 Å². The Kier molecular flexibility index (Phi) is 4.96. The van der Waals surface area contributed by atoms with E-state index < -0.39 is 0 Å². The second-order valence-corrected chi connectivity index (χ2v) is 7.18. The van der Waals surface area contributed by atoms with Crippen molar-refractivity contribution in [2.75, 3.05) is 32.5 Å². The normalized spacial score (nSPS) is 18.5. The summed E-state index contributed by atoms with van der Waals surface area (Å²) in [6.07, 6.45) is 1.64. The lowest BCUT2D eigenvalue weighted by Crippen LogP contribution is -2.42. The number of rotatable bonds is 3. The predicted molar refractivity (Wildman–Crippen MR) is 104 cm³/mol. The third-order valence-corrected chi connectivity index (χ3v) is 4.95. The summed E-state index contributed by atoms with van der Waals surface area (Å²) in [5, 5.41) is 3.09. The van der Waals surface area contributed by atoms with E-state index in [2.05, 4.69) is 68.8 Å². The van der Waals surface area contributed by atoms with E-state index in [0.717, 1.165) is 24.5 Å². The molecule has 0 saturated carbocycles. The minimum absolute atomic E-state index is 0.171. The summed E-state index contributed by atoms with van der Waals surface area (Å²) in [6.45, 7) is 6.22. The van der Waals surface area contributed by atoms with Gasteiger partial charge >= 0.3 is 0 Å².